The highest BCUT2D eigenvalue weighted by Gasteiger charge is 2.01. The van der Waals surface area contributed by atoms with Gasteiger partial charge in [0, 0.05) is 3.57 Å². The molecule has 0 aliphatic carbocycles. The summed E-state index contributed by atoms with van der Waals surface area (Å²) < 4.78 is 13.9. The Morgan fingerprint density at radius 2 is 1.67 bits per heavy atom. The van der Waals surface area contributed by atoms with Crippen molar-refractivity contribution in [2.75, 3.05) is 0 Å². The monoisotopic (exact) mass is 349 g/mol. The van der Waals surface area contributed by atoms with Crippen molar-refractivity contribution < 1.29 is 4.39 Å². The van der Waals surface area contributed by atoms with E-state index in [0.29, 0.717) is 5.57 Å². The van der Waals surface area contributed by atoms with Crippen LogP contribution in [0, 0.1) is 20.7 Å². The summed E-state index contributed by atoms with van der Waals surface area (Å²) in [5, 5.41) is 9.17. The molecule has 2 rings (SSSR count). The van der Waals surface area contributed by atoms with Crippen LogP contribution in [0.3, 0.4) is 0 Å². The summed E-state index contributed by atoms with van der Waals surface area (Å²) in [5.74, 6) is -0.278. The molecule has 0 saturated heterocycles. The predicted molar refractivity (Wildman–Crippen MR) is 79.0 cm³/mol. The Morgan fingerprint density at radius 3 is 2.22 bits per heavy atom. The van der Waals surface area contributed by atoms with Crippen molar-refractivity contribution in [2.45, 2.75) is 0 Å². The van der Waals surface area contributed by atoms with E-state index in [-0.39, 0.29) is 5.82 Å². The summed E-state index contributed by atoms with van der Waals surface area (Å²) in [5.41, 5.74) is 2.24. The Balaban J connectivity index is 2.37. The summed E-state index contributed by atoms with van der Waals surface area (Å²) >= 11 is 2.22. The lowest BCUT2D eigenvalue weighted by Crippen LogP contribution is -1.83. The van der Waals surface area contributed by atoms with E-state index >= 15 is 0 Å². The topological polar surface area (TPSA) is 23.8 Å². The fourth-order valence-electron chi connectivity index (χ4n) is 1.54. The van der Waals surface area contributed by atoms with Gasteiger partial charge in [0.15, 0.2) is 0 Å². The number of hydrogen-bond donors (Lipinski definition) is 0. The molecule has 0 radical (unpaired) electrons. The van der Waals surface area contributed by atoms with Crippen LogP contribution in [0.1, 0.15) is 11.1 Å². The van der Waals surface area contributed by atoms with E-state index < -0.39 is 0 Å². The minimum atomic E-state index is -0.278. The molecular weight excluding hydrogens is 340 g/mol. The minimum absolute atomic E-state index is 0.278. The summed E-state index contributed by atoms with van der Waals surface area (Å²) in [4.78, 5) is 0. The SMILES string of the molecule is N#C/C(=C/c1ccc(F)cc1)c1ccc(I)cc1. The zero-order valence-corrected chi connectivity index (χ0v) is 11.6. The fourth-order valence-corrected chi connectivity index (χ4v) is 1.89. The number of nitriles is 1. The maximum Gasteiger partial charge on any atom is 0.123 e. The lowest BCUT2D eigenvalue weighted by Gasteiger charge is -2.00. The molecule has 2 aromatic rings. The van der Waals surface area contributed by atoms with Crippen molar-refractivity contribution in [3.8, 4) is 6.07 Å². The van der Waals surface area contributed by atoms with E-state index in [1.54, 1.807) is 18.2 Å². The molecule has 0 aliphatic rings. The normalized spacial score (nSPS) is 11.1. The van der Waals surface area contributed by atoms with Gasteiger partial charge in [0.2, 0.25) is 0 Å². The zero-order valence-electron chi connectivity index (χ0n) is 9.40. The molecule has 0 fully saturated rings. The Labute approximate surface area is 119 Å². The summed E-state index contributed by atoms with van der Waals surface area (Å²) in [7, 11) is 0. The van der Waals surface area contributed by atoms with Gasteiger partial charge in [-0.2, -0.15) is 5.26 Å². The molecule has 0 saturated carbocycles. The average Bonchev–Trinajstić information content (AvgIpc) is 2.39. The van der Waals surface area contributed by atoms with Gasteiger partial charge < -0.3 is 0 Å². The van der Waals surface area contributed by atoms with E-state index in [2.05, 4.69) is 28.7 Å². The first-order chi connectivity index (χ1) is 8.69. The van der Waals surface area contributed by atoms with Gasteiger partial charge in [0.1, 0.15) is 5.82 Å². The number of benzene rings is 2. The summed E-state index contributed by atoms with van der Waals surface area (Å²) in [6, 6.07) is 15.9. The van der Waals surface area contributed by atoms with Crippen LogP contribution in [0.5, 0.6) is 0 Å². The molecule has 0 aliphatic heterocycles. The van der Waals surface area contributed by atoms with Crippen LogP contribution in [0.25, 0.3) is 11.6 Å². The van der Waals surface area contributed by atoms with Crippen LogP contribution in [0.4, 0.5) is 4.39 Å². The maximum absolute atomic E-state index is 12.8. The second-order valence-electron chi connectivity index (χ2n) is 3.73. The largest absolute Gasteiger partial charge is 0.207 e. The molecule has 0 bridgehead atoms. The van der Waals surface area contributed by atoms with E-state index in [9.17, 15) is 9.65 Å². The molecule has 3 heteroatoms. The Morgan fingerprint density at radius 1 is 1.06 bits per heavy atom. The number of halogens is 2. The highest BCUT2D eigenvalue weighted by molar-refractivity contribution is 14.1. The highest BCUT2D eigenvalue weighted by atomic mass is 127. The molecule has 88 valence electrons. The Kier molecular flexibility index (Phi) is 4.11. The first kappa shape index (κ1) is 12.8. The molecule has 0 unspecified atom stereocenters. The zero-order chi connectivity index (χ0) is 13.0. The van der Waals surface area contributed by atoms with Gasteiger partial charge >= 0.3 is 0 Å². The van der Waals surface area contributed by atoms with Crippen molar-refractivity contribution in [1.82, 2.24) is 0 Å². The molecule has 1 nitrogen and oxygen atoms in total. The fraction of sp³-hybridized carbons (Fsp3) is 0. The number of allylic oxidation sites excluding steroid dienone is 1. The standard InChI is InChI=1S/C15H9FIN/c16-14-5-1-11(2-6-14)9-13(10-18)12-3-7-15(17)8-4-12/h1-9H/b13-9-. The average molecular weight is 349 g/mol. The van der Waals surface area contributed by atoms with Gasteiger partial charge in [-0.05, 0) is 64.1 Å². The number of rotatable bonds is 2. The van der Waals surface area contributed by atoms with Crippen LogP contribution in [-0.4, -0.2) is 0 Å². The van der Waals surface area contributed by atoms with Gasteiger partial charge in [-0.25, -0.2) is 4.39 Å². The maximum atomic E-state index is 12.8. The molecule has 0 amide bonds. The minimum Gasteiger partial charge on any atom is -0.207 e. The van der Waals surface area contributed by atoms with Crippen LogP contribution >= 0.6 is 22.6 Å². The first-order valence-corrected chi connectivity index (χ1v) is 6.40. The molecule has 0 atom stereocenters. The third kappa shape index (κ3) is 3.17. The Hall–Kier alpha value is -1.67. The van der Waals surface area contributed by atoms with E-state index in [4.69, 9.17) is 0 Å². The van der Waals surface area contributed by atoms with Crippen LogP contribution in [-0.2, 0) is 0 Å². The quantitative estimate of drug-likeness (QED) is 0.445. The van der Waals surface area contributed by atoms with Crippen LogP contribution < -0.4 is 0 Å². The van der Waals surface area contributed by atoms with Crippen LogP contribution in [0.2, 0.25) is 0 Å². The van der Waals surface area contributed by atoms with Crippen molar-refractivity contribution in [3.63, 3.8) is 0 Å². The van der Waals surface area contributed by atoms with Gasteiger partial charge in [-0.3, -0.25) is 0 Å². The second kappa shape index (κ2) is 5.78. The van der Waals surface area contributed by atoms with Crippen molar-refractivity contribution >= 4 is 34.2 Å². The molecular formula is C15H9FIN. The molecule has 18 heavy (non-hydrogen) atoms. The third-order valence-corrected chi connectivity index (χ3v) is 3.18. The third-order valence-electron chi connectivity index (χ3n) is 2.46. The van der Waals surface area contributed by atoms with Crippen molar-refractivity contribution in [2.24, 2.45) is 0 Å². The lowest BCUT2D eigenvalue weighted by molar-refractivity contribution is 0.628. The van der Waals surface area contributed by atoms with Crippen molar-refractivity contribution in [3.05, 3.63) is 69.0 Å². The van der Waals surface area contributed by atoms with E-state index in [1.165, 1.54) is 12.1 Å². The van der Waals surface area contributed by atoms with Gasteiger partial charge in [-0.1, -0.05) is 24.3 Å². The number of hydrogen-bond acceptors (Lipinski definition) is 1. The smallest absolute Gasteiger partial charge is 0.123 e. The highest BCUT2D eigenvalue weighted by Crippen LogP contribution is 2.19. The number of nitrogens with zero attached hydrogens (tertiary/aromatic N) is 1. The van der Waals surface area contributed by atoms with Crippen molar-refractivity contribution in [1.29, 1.82) is 5.26 Å². The van der Waals surface area contributed by atoms with Gasteiger partial charge in [0.05, 0.1) is 11.6 Å². The second-order valence-corrected chi connectivity index (χ2v) is 4.97. The molecule has 0 aromatic heterocycles. The molecule has 0 heterocycles. The summed E-state index contributed by atoms with van der Waals surface area (Å²) in [6.07, 6.45) is 1.75. The first-order valence-electron chi connectivity index (χ1n) is 5.32. The van der Waals surface area contributed by atoms with E-state index in [0.717, 1.165) is 14.7 Å². The molecule has 0 N–H and O–H groups in total. The lowest BCUT2D eigenvalue weighted by atomic mass is 10.0. The molecule has 2 aromatic carbocycles. The molecule has 0 spiro atoms. The van der Waals surface area contributed by atoms with Gasteiger partial charge in [0.25, 0.3) is 0 Å². The van der Waals surface area contributed by atoms with Gasteiger partial charge in [-0.15, -0.1) is 0 Å². The predicted octanol–water partition coefficient (Wildman–Crippen LogP) is 4.49. The summed E-state index contributed by atoms with van der Waals surface area (Å²) in [6.45, 7) is 0. The van der Waals surface area contributed by atoms with E-state index in [1.807, 2.05) is 24.3 Å². The Bertz CT molecular complexity index is 606. The van der Waals surface area contributed by atoms with Crippen LogP contribution in [0.15, 0.2) is 48.5 Å².